The summed E-state index contributed by atoms with van der Waals surface area (Å²) in [6.07, 6.45) is 2.58. The zero-order valence-electron chi connectivity index (χ0n) is 10.8. The standard InChI is InChI=1S/C15H18N2O2/c16-12-13-5-3-6-14(11-13)19-10-4-9-17-8-2-1-7-15(17)18/h1-3,5-8,11H,4,9-10,12,16H2. The molecule has 0 amide bonds. The summed E-state index contributed by atoms with van der Waals surface area (Å²) in [7, 11) is 0. The number of hydrogen-bond acceptors (Lipinski definition) is 3. The highest BCUT2D eigenvalue weighted by molar-refractivity contribution is 5.28. The number of aromatic nitrogens is 1. The number of benzene rings is 1. The minimum absolute atomic E-state index is 0.0210. The van der Waals surface area contributed by atoms with Crippen molar-refractivity contribution < 1.29 is 4.74 Å². The van der Waals surface area contributed by atoms with Crippen LogP contribution in [-0.4, -0.2) is 11.2 Å². The molecule has 0 aliphatic heterocycles. The second-order valence-electron chi connectivity index (χ2n) is 4.29. The smallest absolute Gasteiger partial charge is 0.250 e. The topological polar surface area (TPSA) is 57.2 Å². The molecule has 0 aliphatic carbocycles. The summed E-state index contributed by atoms with van der Waals surface area (Å²) in [5.74, 6) is 0.823. The second-order valence-corrected chi connectivity index (χ2v) is 4.29. The lowest BCUT2D eigenvalue weighted by Crippen LogP contribution is -2.18. The average molecular weight is 258 g/mol. The van der Waals surface area contributed by atoms with Crippen LogP contribution in [0.4, 0.5) is 0 Å². The molecule has 0 bridgehead atoms. The van der Waals surface area contributed by atoms with E-state index in [-0.39, 0.29) is 5.56 Å². The van der Waals surface area contributed by atoms with Crippen molar-refractivity contribution in [1.82, 2.24) is 4.57 Å². The molecule has 1 aromatic heterocycles. The number of aryl methyl sites for hydroxylation is 1. The van der Waals surface area contributed by atoms with Crippen molar-refractivity contribution in [2.24, 2.45) is 5.73 Å². The monoisotopic (exact) mass is 258 g/mol. The van der Waals surface area contributed by atoms with Crippen molar-refractivity contribution in [3.63, 3.8) is 0 Å². The Morgan fingerprint density at radius 2 is 2.05 bits per heavy atom. The van der Waals surface area contributed by atoms with Crippen molar-refractivity contribution in [2.75, 3.05) is 6.61 Å². The fourth-order valence-corrected chi connectivity index (χ4v) is 1.83. The first-order valence-electron chi connectivity index (χ1n) is 6.37. The Bertz CT molecular complexity index is 578. The molecule has 4 nitrogen and oxygen atoms in total. The zero-order chi connectivity index (χ0) is 13.5. The molecule has 0 saturated heterocycles. The van der Waals surface area contributed by atoms with E-state index in [0.717, 1.165) is 17.7 Å². The van der Waals surface area contributed by atoms with E-state index in [2.05, 4.69) is 0 Å². The molecule has 0 atom stereocenters. The average Bonchev–Trinajstić information content (AvgIpc) is 2.45. The molecule has 0 aliphatic rings. The van der Waals surface area contributed by atoms with Crippen LogP contribution in [0.15, 0.2) is 53.5 Å². The van der Waals surface area contributed by atoms with E-state index in [1.54, 1.807) is 22.9 Å². The van der Waals surface area contributed by atoms with Crippen molar-refractivity contribution in [3.8, 4) is 5.75 Å². The van der Waals surface area contributed by atoms with Gasteiger partial charge >= 0.3 is 0 Å². The lowest BCUT2D eigenvalue weighted by Gasteiger charge is -2.08. The SMILES string of the molecule is NCc1cccc(OCCCn2ccccc2=O)c1. The normalized spacial score (nSPS) is 10.4. The first kappa shape index (κ1) is 13.4. The van der Waals surface area contributed by atoms with Gasteiger partial charge in [-0.2, -0.15) is 0 Å². The highest BCUT2D eigenvalue weighted by Crippen LogP contribution is 2.12. The van der Waals surface area contributed by atoms with Crippen LogP contribution in [0.5, 0.6) is 5.75 Å². The predicted octanol–water partition coefficient (Wildman–Crippen LogP) is 1.78. The molecule has 0 fully saturated rings. The Balaban J connectivity index is 1.81. The summed E-state index contributed by atoms with van der Waals surface area (Å²) < 4.78 is 7.32. The van der Waals surface area contributed by atoms with E-state index in [4.69, 9.17) is 10.5 Å². The molecule has 0 unspecified atom stereocenters. The highest BCUT2D eigenvalue weighted by atomic mass is 16.5. The molecule has 2 N–H and O–H groups in total. The fraction of sp³-hybridized carbons (Fsp3) is 0.267. The lowest BCUT2D eigenvalue weighted by atomic mass is 10.2. The maximum absolute atomic E-state index is 11.5. The van der Waals surface area contributed by atoms with Gasteiger partial charge in [0.15, 0.2) is 0 Å². The van der Waals surface area contributed by atoms with E-state index >= 15 is 0 Å². The first-order chi connectivity index (χ1) is 9.29. The molecule has 100 valence electrons. The van der Waals surface area contributed by atoms with Gasteiger partial charge < -0.3 is 15.0 Å². The number of nitrogens with two attached hydrogens (primary N) is 1. The fourth-order valence-electron chi connectivity index (χ4n) is 1.83. The third kappa shape index (κ3) is 3.96. The molecule has 0 radical (unpaired) electrons. The summed E-state index contributed by atoms with van der Waals surface area (Å²) in [6.45, 7) is 1.75. The molecule has 2 rings (SSSR count). The molecule has 19 heavy (non-hydrogen) atoms. The maximum Gasteiger partial charge on any atom is 0.250 e. The third-order valence-corrected chi connectivity index (χ3v) is 2.85. The van der Waals surface area contributed by atoms with Crippen molar-refractivity contribution in [2.45, 2.75) is 19.5 Å². The Kier molecular flexibility index (Phi) is 4.75. The summed E-state index contributed by atoms with van der Waals surface area (Å²) in [6, 6.07) is 12.9. The Morgan fingerprint density at radius 3 is 2.84 bits per heavy atom. The van der Waals surface area contributed by atoms with Crippen LogP contribution in [0.2, 0.25) is 0 Å². The van der Waals surface area contributed by atoms with Crippen LogP contribution < -0.4 is 16.0 Å². The van der Waals surface area contributed by atoms with Gasteiger partial charge in [-0.25, -0.2) is 0 Å². The van der Waals surface area contributed by atoms with Gasteiger partial charge in [0, 0.05) is 25.4 Å². The van der Waals surface area contributed by atoms with Crippen LogP contribution >= 0.6 is 0 Å². The van der Waals surface area contributed by atoms with Gasteiger partial charge in [0.05, 0.1) is 6.61 Å². The van der Waals surface area contributed by atoms with Gasteiger partial charge in [-0.3, -0.25) is 4.79 Å². The van der Waals surface area contributed by atoms with Gasteiger partial charge in [-0.1, -0.05) is 18.2 Å². The van der Waals surface area contributed by atoms with Gasteiger partial charge in [0.2, 0.25) is 5.56 Å². The summed E-state index contributed by atoms with van der Waals surface area (Å²) in [4.78, 5) is 11.5. The Morgan fingerprint density at radius 1 is 1.16 bits per heavy atom. The second kappa shape index (κ2) is 6.75. The van der Waals surface area contributed by atoms with Gasteiger partial charge in [-0.05, 0) is 30.2 Å². The van der Waals surface area contributed by atoms with Crippen LogP contribution in [0, 0.1) is 0 Å². The van der Waals surface area contributed by atoms with Gasteiger partial charge in [-0.15, -0.1) is 0 Å². The summed E-state index contributed by atoms with van der Waals surface area (Å²) in [5.41, 5.74) is 6.65. The first-order valence-corrected chi connectivity index (χ1v) is 6.37. The highest BCUT2D eigenvalue weighted by Gasteiger charge is 1.97. The largest absolute Gasteiger partial charge is 0.494 e. The lowest BCUT2D eigenvalue weighted by molar-refractivity contribution is 0.300. The minimum atomic E-state index is 0.0210. The van der Waals surface area contributed by atoms with Crippen LogP contribution in [-0.2, 0) is 13.1 Å². The number of hydrogen-bond donors (Lipinski definition) is 1. The summed E-state index contributed by atoms with van der Waals surface area (Å²) in [5, 5.41) is 0. The van der Waals surface area contributed by atoms with Crippen molar-refractivity contribution >= 4 is 0 Å². The number of rotatable bonds is 6. The molecule has 2 aromatic rings. The van der Waals surface area contributed by atoms with Crippen LogP contribution in [0.1, 0.15) is 12.0 Å². The molecule has 1 heterocycles. The minimum Gasteiger partial charge on any atom is -0.494 e. The molecular weight excluding hydrogens is 240 g/mol. The number of ether oxygens (including phenoxy) is 1. The van der Waals surface area contributed by atoms with Crippen LogP contribution in [0.3, 0.4) is 0 Å². The number of nitrogens with zero attached hydrogens (tertiary/aromatic N) is 1. The predicted molar refractivity (Wildman–Crippen MR) is 75.1 cm³/mol. The van der Waals surface area contributed by atoms with E-state index in [1.165, 1.54) is 0 Å². The zero-order valence-corrected chi connectivity index (χ0v) is 10.8. The quantitative estimate of drug-likeness (QED) is 0.803. The maximum atomic E-state index is 11.5. The molecule has 0 saturated carbocycles. The van der Waals surface area contributed by atoms with Gasteiger partial charge in [0.25, 0.3) is 0 Å². The Labute approximate surface area is 112 Å². The summed E-state index contributed by atoms with van der Waals surface area (Å²) >= 11 is 0. The van der Waals surface area contributed by atoms with Crippen LogP contribution in [0.25, 0.3) is 0 Å². The third-order valence-electron chi connectivity index (χ3n) is 2.85. The number of pyridine rings is 1. The van der Waals surface area contributed by atoms with Crippen molar-refractivity contribution in [3.05, 3.63) is 64.6 Å². The van der Waals surface area contributed by atoms with Crippen molar-refractivity contribution in [1.29, 1.82) is 0 Å². The van der Waals surface area contributed by atoms with E-state index in [0.29, 0.717) is 19.7 Å². The molecule has 1 aromatic carbocycles. The molecular formula is C15H18N2O2. The van der Waals surface area contributed by atoms with E-state index < -0.39 is 0 Å². The molecule has 4 heteroatoms. The van der Waals surface area contributed by atoms with E-state index in [9.17, 15) is 4.79 Å². The van der Waals surface area contributed by atoms with E-state index in [1.807, 2.05) is 30.3 Å². The van der Waals surface area contributed by atoms with Gasteiger partial charge in [0.1, 0.15) is 5.75 Å². The Hall–Kier alpha value is -2.07. The molecule has 0 spiro atoms.